The maximum atomic E-state index is 13.2. The third-order valence-electron chi connectivity index (χ3n) is 8.46. The summed E-state index contributed by atoms with van der Waals surface area (Å²) in [5.41, 5.74) is 4.70. The van der Waals surface area contributed by atoms with Crippen molar-refractivity contribution in [3.05, 3.63) is 89.1 Å². The van der Waals surface area contributed by atoms with Gasteiger partial charge in [-0.15, -0.1) is 0 Å². The first-order valence-corrected chi connectivity index (χ1v) is 15.3. The number of rotatable bonds is 10. The maximum absolute atomic E-state index is 13.2. The number of hydrogen-bond acceptors (Lipinski definition) is 5. The van der Waals surface area contributed by atoms with Crippen molar-refractivity contribution >= 4 is 22.6 Å². The average molecular weight is 582 g/mol. The summed E-state index contributed by atoms with van der Waals surface area (Å²) in [5, 5.41) is 5.82. The number of ether oxygens (including phenoxy) is 2. The standard InChI is InChI=1S/C36H43N3O4/c1-25-31(34(40)7-6-22-42-5)16-17-33-32(25)24-39(37-33)23-26-18-20-38(21-19-26)35(41)27-8-12-29(13-9-27)43-30-14-10-28(11-15-30)36(2,3)4/h8-17,24,26H,6-7,18-23H2,1-5H3. The lowest BCUT2D eigenvalue weighted by Crippen LogP contribution is -2.39. The highest BCUT2D eigenvalue weighted by atomic mass is 16.5. The zero-order valence-electron chi connectivity index (χ0n) is 26.1. The zero-order valence-corrected chi connectivity index (χ0v) is 26.1. The van der Waals surface area contributed by atoms with Crippen molar-refractivity contribution in [1.29, 1.82) is 0 Å². The van der Waals surface area contributed by atoms with Crippen molar-refractivity contribution < 1.29 is 19.1 Å². The lowest BCUT2D eigenvalue weighted by Gasteiger charge is -2.32. The van der Waals surface area contributed by atoms with E-state index in [0.717, 1.165) is 66.7 Å². The molecule has 43 heavy (non-hydrogen) atoms. The van der Waals surface area contributed by atoms with E-state index in [-0.39, 0.29) is 17.1 Å². The molecule has 3 aromatic carbocycles. The molecule has 0 N–H and O–H groups in total. The number of ketones is 1. The van der Waals surface area contributed by atoms with Gasteiger partial charge in [-0.3, -0.25) is 14.3 Å². The fourth-order valence-electron chi connectivity index (χ4n) is 5.78. The van der Waals surface area contributed by atoms with Crippen molar-refractivity contribution in [3.8, 4) is 11.5 Å². The predicted octanol–water partition coefficient (Wildman–Crippen LogP) is 7.60. The van der Waals surface area contributed by atoms with E-state index >= 15 is 0 Å². The smallest absolute Gasteiger partial charge is 0.253 e. The predicted molar refractivity (Wildman–Crippen MR) is 170 cm³/mol. The Balaban J connectivity index is 1.14. The Morgan fingerprint density at radius 2 is 1.58 bits per heavy atom. The van der Waals surface area contributed by atoms with Gasteiger partial charge in [0.25, 0.3) is 5.91 Å². The topological polar surface area (TPSA) is 73.7 Å². The highest BCUT2D eigenvalue weighted by Gasteiger charge is 2.25. The number of aryl methyl sites for hydroxylation is 1. The minimum absolute atomic E-state index is 0.0580. The van der Waals surface area contributed by atoms with Crippen molar-refractivity contribution in [2.45, 2.75) is 65.3 Å². The Morgan fingerprint density at radius 3 is 2.21 bits per heavy atom. The monoisotopic (exact) mass is 581 g/mol. The van der Waals surface area contributed by atoms with Gasteiger partial charge in [0.1, 0.15) is 11.5 Å². The Labute approximate surface area is 254 Å². The van der Waals surface area contributed by atoms with E-state index in [1.54, 1.807) is 7.11 Å². The fraction of sp³-hybridized carbons (Fsp3) is 0.417. The molecule has 0 radical (unpaired) electrons. The van der Waals surface area contributed by atoms with Crippen LogP contribution in [-0.4, -0.2) is 53.2 Å². The molecule has 1 aromatic heterocycles. The summed E-state index contributed by atoms with van der Waals surface area (Å²) in [7, 11) is 1.65. The second-order valence-corrected chi connectivity index (χ2v) is 12.7. The van der Waals surface area contributed by atoms with Crippen molar-refractivity contribution in [2.75, 3.05) is 26.8 Å². The van der Waals surface area contributed by atoms with E-state index < -0.39 is 0 Å². The second-order valence-electron chi connectivity index (χ2n) is 12.7. The molecule has 4 aromatic rings. The van der Waals surface area contributed by atoms with Crippen LogP contribution < -0.4 is 4.74 Å². The number of benzene rings is 3. The number of carbonyl (C=O) groups excluding carboxylic acids is 2. The summed E-state index contributed by atoms with van der Waals surface area (Å²) in [4.78, 5) is 27.9. The number of fused-ring (bicyclic) bond motifs is 1. The molecule has 1 aliphatic rings. The van der Waals surface area contributed by atoms with Crippen LogP contribution in [-0.2, 0) is 16.7 Å². The zero-order chi connectivity index (χ0) is 30.6. The molecule has 2 heterocycles. The Kier molecular flexibility index (Phi) is 9.31. The summed E-state index contributed by atoms with van der Waals surface area (Å²) < 4.78 is 13.1. The molecular formula is C36H43N3O4. The lowest BCUT2D eigenvalue weighted by molar-refractivity contribution is 0.0681. The first-order valence-electron chi connectivity index (χ1n) is 15.3. The minimum atomic E-state index is 0.0580. The van der Waals surface area contributed by atoms with Gasteiger partial charge < -0.3 is 14.4 Å². The van der Waals surface area contributed by atoms with Crippen molar-refractivity contribution in [3.63, 3.8) is 0 Å². The van der Waals surface area contributed by atoms with Gasteiger partial charge in [-0.05, 0) is 97.2 Å². The molecule has 0 spiro atoms. The van der Waals surface area contributed by atoms with Gasteiger partial charge in [0.05, 0.1) is 5.52 Å². The molecule has 7 heteroatoms. The van der Waals surface area contributed by atoms with Gasteiger partial charge in [0, 0.05) is 62.5 Å². The molecule has 0 bridgehead atoms. The van der Waals surface area contributed by atoms with Gasteiger partial charge in [-0.1, -0.05) is 32.9 Å². The van der Waals surface area contributed by atoms with E-state index in [1.165, 1.54) is 5.56 Å². The highest BCUT2D eigenvalue weighted by Crippen LogP contribution is 2.28. The Bertz CT molecular complexity index is 1560. The third-order valence-corrected chi connectivity index (χ3v) is 8.46. The number of nitrogens with zero attached hydrogens (tertiary/aromatic N) is 3. The molecule has 0 aliphatic carbocycles. The van der Waals surface area contributed by atoms with Crippen LogP contribution in [0.2, 0.25) is 0 Å². The molecule has 0 unspecified atom stereocenters. The van der Waals surface area contributed by atoms with Crippen LogP contribution in [0.15, 0.2) is 66.9 Å². The van der Waals surface area contributed by atoms with Gasteiger partial charge in [-0.25, -0.2) is 0 Å². The van der Waals surface area contributed by atoms with Crippen LogP contribution in [0.4, 0.5) is 0 Å². The maximum Gasteiger partial charge on any atom is 0.253 e. The van der Waals surface area contributed by atoms with Crippen LogP contribution >= 0.6 is 0 Å². The molecule has 1 amide bonds. The van der Waals surface area contributed by atoms with Gasteiger partial charge >= 0.3 is 0 Å². The van der Waals surface area contributed by atoms with E-state index in [1.807, 2.05) is 65.0 Å². The lowest BCUT2D eigenvalue weighted by atomic mass is 9.87. The van der Waals surface area contributed by atoms with Crippen LogP contribution in [0.5, 0.6) is 11.5 Å². The normalized spacial score (nSPS) is 14.3. The van der Waals surface area contributed by atoms with Crippen molar-refractivity contribution in [1.82, 2.24) is 14.7 Å². The number of piperidine rings is 1. The van der Waals surface area contributed by atoms with Crippen LogP contribution in [0, 0.1) is 12.8 Å². The molecule has 226 valence electrons. The Morgan fingerprint density at radius 1 is 0.930 bits per heavy atom. The van der Waals surface area contributed by atoms with E-state index in [9.17, 15) is 9.59 Å². The molecule has 0 saturated carbocycles. The molecule has 1 saturated heterocycles. The molecule has 5 rings (SSSR count). The molecular weight excluding hydrogens is 538 g/mol. The SMILES string of the molecule is COCCCC(=O)c1ccc2nn(CC3CCN(C(=O)c4ccc(Oc5ccc(C(C)(C)C)cc5)cc4)CC3)cc2c1C. The van der Waals surface area contributed by atoms with E-state index in [2.05, 4.69) is 39.1 Å². The molecule has 1 fully saturated rings. The Hall–Kier alpha value is -3.97. The van der Waals surface area contributed by atoms with Crippen LogP contribution in [0.1, 0.15) is 78.3 Å². The summed E-state index contributed by atoms with van der Waals surface area (Å²) in [5.74, 6) is 2.13. The summed E-state index contributed by atoms with van der Waals surface area (Å²) in [6.45, 7) is 11.4. The van der Waals surface area contributed by atoms with E-state index in [0.29, 0.717) is 30.3 Å². The number of Topliss-reactive ketones (excluding diaryl/α,β-unsaturated/α-hetero) is 1. The molecule has 1 aliphatic heterocycles. The number of likely N-dealkylation sites (tertiary alicyclic amines) is 1. The van der Waals surface area contributed by atoms with Gasteiger partial charge in [0.2, 0.25) is 0 Å². The van der Waals surface area contributed by atoms with Crippen LogP contribution in [0.25, 0.3) is 10.9 Å². The second kappa shape index (κ2) is 13.1. The van der Waals surface area contributed by atoms with Gasteiger partial charge in [0.15, 0.2) is 5.78 Å². The number of aromatic nitrogens is 2. The summed E-state index contributed by atoms with van der Waals surface area (Å²) in [6.07, 6.45) is 5.12. The highest BCUT2D eigenvalue weighted by molar-refractivity contribution is 6.01. The van der Waals surface area contributed by atoms with Gasteiger partial charge in [-0.2, -0.15) is 5.10 Å². The summed E-state index contributed by atoms with van der Waals surface area (Å²) in [6, 6.07) is 19.4. The fourth-order valence-corrected chi connectivity index (χ4v) is 5.78. The largest absolute Gasteiger partial charge is 0.457 e. The number of carbonyl (C=O) groups is 2. The first-order chi connectivity index (χ1) is 20.6. The van der Waals surface area contributed by atoms with Crippen LogP contribution in [0.3, 0.4) is 0 Å². The molecule has 7 nitrogen and oxygen atoms in total. The van der Waals surface area contributed by atoms with E-state index in [4.69, 9.17) is 14.6 Å². The summed E-state index contributed by atoms with van der Waals surface area (Å²) >= 11 is 0. The third kappa shape index (κ3) is 7.34. The molecule has 0 atom stereocenters. The number of hydrogen-bond donors (Lipinski definition) is 0. The first kappa shape index (κ1) is 30.5. The number of methoxy groups -OCH3 is 1. The average Bonchev–Trinajstić information content (AvgIpc) is 3.41. The number of amides is 1. The van der Waals surface area contributed by atoms with Crippen molar-refractivity contribution in [2.24, 2.45) is 5.92 Å². The quantitative estimate of drug-likeness (QED) is 0.142. The minimum Gasteiger partial charge on any atom is -0.457 e.